The lowest BCUT2D eigenvalue weighted by Gasteiger charge is -2.08. The van der Waals surface area contributed by atoms with Crippen molar-refractivity contribution in [3.8, 4) is 17.6 Å². The van der Waals surface area contributed by atoms with Crippen LogP contribution in [0.1, 0.15) is 5.56 Å². The first-order valence-corrected chi connectivity index (χ1v) is 6.00. The van der Waals surface area contributed by atoms with Crippen molar-refractivity contribution in [2.45, 2.75) is 0 Å². The Morgan fingerprint density at radius 1 is 1.12 bits per heavy atom. The number of ether oxygens (including phenoxy) is 1. The molecule has 0 bridgehead atoms. The van der Waals surface area contributed by atoms with Crippen LogP contribution in [0, 0.1) is 14.9 Å². The van der Waals surface area contributed by atoms with E-state index in [2.05, 4.69) is 22.6 Å². The number of benzene rings is 2. The van der Waals surface area contributed by atoms with Crippen LogP contribution >= 0.6 is 22.6 Å². The molecular formula is C13H9IN2O. The number of nitrogen functional groups attached to an aromatic ring is 1. The summed E-state index contributed by atoms with van der Waals surface area (Å²) < 4.78 is 6.77. The van der Waals surface area contributed by atoms with E-state index in [9.17, 15) is 0 Å². The third-order valence-electron chi connectivity index (χ3n) is 2.18. The smallest absolute Gasteiger partial charge is 0.150 e. The normalized spacial score (nSPS) is 9.65. The maximum atomic E-state index is 8.73. The number of nitrogens with two attached hydrogens (primary N) is 1. The fourth-order valence-electron chi connectivity index (χ4n) is 1.34. The minimum Gasteiger partial charge on any atom is -0.455 e. The predicted octanol–water partition coefficient (Wildman–Crippen LogP) is 3.54. The zero-order valence-electron chi connectivity index (χ0n) is 8.85. The Labute approximate surface area is 113 Å². The largest absolute Gasteiger partial charge is 0.455 e. The Balaban J connectivity index is 2.25. The van der Waals surface area contributed by atoms with Crippen molar-refractivity contribution >= 4 is 28.3 Å². The van der Waals surface area contributed by atoms with Crippen LogP contribution in [0.3, 0.4) is 0 Å². The highest BCUT2D eigenvalue weighted by Crippen LogP contribution is 2.28. The second kappa shape index (κ2) is 5.06. The van der Waals surface area contributed by atoms with Crippen molar-refractivity contribution < 1.29 is 4.74 Å². The quantitative estimate of drug-likeness (QED) is 0.674. The lowest BCUT2D eigenvalue weighted by molar-refractivity contribution is 0.485. The number of anilines is 1. The molecule has 0 aliphatic rings. The van der Waals surface area contributed by atoms with E-state index in [1.54, 1.807) is 18.2 Å². The third kappa shape index (κ3) is 2.88. The Bertz CT molecular complexity index is 573. The molecule has 0 heterocycles. The molecule has 4 heteroatoms. The van der Waals surface area contributed by atoms with Crippen LogP contribution < -0.4 is 10.5 Å². The Morgan fingerprint density at radius 2 is 1.82 bits per heavy atom. The topological polar surface area (TPSA) is 59.0 Å². The van der Waals surface area contributed by atoms with E-state index in [1.165, 1.54) is 0 Å². The molecule has 0 atom stereocenters. The number of rotatable bonds is 2. The first-order chi connectivity index (χ1) is 8.19. The maximum absolute atomic E-state index is 8.73. The highest BCUT2D eigenvalue weighted by atomic mass is 127. The van der Waals surface area contributed by atoms with E-state index in [0.717, 1.165) is 9.32 Å². The minimum absolute atomic E-state index is 0.461. The summed E-state index contributed by atoms with van der Waals surface area (Å²) in [7, 11) is 0. The van der Waals surface area contributed by atoms with Crippen LogP contribution in [0.4, 0.5) is 5.69 Å². The van der Waals surface area contributed by atoms with Crippen LogP contribution in [-0.2, 0) is 0 Å². The third-order valence-corrected chi connectivity index (χ3v) is 2.90. The van der Waals surface area contributed by atoms with Crippen LogP contribution in [0.5, 0.6) is 11.5 Å². The molecule has 2 aromatic rings. The standard InChI is InChI=1S/C13H9IN2O/c14-10-2-4-11(5-3-10)17-13-6-1-9(8-15)7-12(13)16/h1-7H,16H2. The van der Waals surface area contributed by atoms with Crippen LogP contribution in [0.15, 0.2) is 42.5 Å². The molecule has 0 unspecified atom stereocenters. The number of halogens is 1. The average Bonchev–Trinajstić information content (AvgIpc) is 2.34. The Hall–Kier alpha value is -1.74. The van der Waals surface area contributed by atoms with Crippen molar-refractivity contribution in [3.63, 3.8) is 0 Å². The summed E-state index contributed by atoms with van der Waals surface area (Å²) in [5, 5.41) is 8.73. The molecule has 0 aliphatic carbocycles. The highest BCUT2D eigenvalue weighted by Gasteiger charge is 2.03. The van der Waals surface area contributed by atoms with E-state index in [-0.39, 0.29) is 0 Å². The number of hydrogen-bond donors (Lipinski definition) is 1. The van der Waals surface area contributed by atoms with E-state index in [1.807, 2.05) is 30.3 Å². The minimum atomic E-state index is 0.461. The number of nitriles is 1. The summed E-state index contributed by atoms with van der Waals surface area (Å²) in [6, 6.07) is 14.7. The summed E-state index contributed by atoms with van der Waals surface area (Å²) in [5.41, 5.74) is 6.78. The van der Waals surface area contributed by atoms with Gasteiger partial charge in [-0.05, 0) is 65.1 Å². The van der Waals surface area contributed by atoms with E-state index >= 15 is 0 Å². The van der Waals surface area contributed by atoms with Crippen LogP contribution in [-0.4, -0.2) is 0 Å². The summed E-state index contributed by atoms with van der Waals surface area (Å²) >= 11 is 2.23. The summed E-state index contributed by atoms with van der Waals surface area (Å²) in [5.74, 6) is 1.28. The molecule has 0 amide bonds. The molecule has 2 rings (SSSR count). The molecule has 84 valence electrons. The zero-order chi connectivity index (χ0) is 12.3. The van der Waals surface area contributed by atoms with E-state index in [0.29, 0.717) is 17.0 Å². The molecule has 0 aliphatic heterocycles. The average molecular weight is 336 g/mol. The molecule has 0 fully saturated rings. The second-order valence-electron chi connectivity index (χ2n) is 3.42. The predicted molar refractivity (Wildman–Crippen MR) is 74.8 cm³/mol. The number of hydrogen-bond acceptors (Lipinski definition) is 3. The molecule has 17 heavy (non-hydrogen) atoms. The van der Waals surface area contributed by atoms with Gasteiger partial charge in [-0.1, -0.05) is 0 Å². The zero-order valence-corrected chi connectivity index (χ0v) is 11.0. The van der Waals surface area contributed by atoms with Gasteiger partial charge in [0.15, 0.2) is 0 Å². The van der Waals surface area contributed by atoms with Gasteiger partial charge < -0.3 is 10.5 Å². The molecular weight excluding hydrogens is 327 g/mol. The fraction of sp³-hybridized carbons (Fsp3) is 0. The molecule has 0 spiro atoms. The van der Waals surface area contributed by atoms with Gasteiger partial charge in [-0.2, -0.15) is 5.26 Å². The van der Waals surface area contributed by atoms with Crippen molar-refractivity contribution in [3.05, 3.63) is 51.6 Å². The number of nitrogens with zero attached hydrogens (tertiary/aromatic N) is 1. The van der Waals surface area contributed by atoms with Crippen molar-refractivity contribution in [1.82, 2.24) is 0 Å². The van der Waals surface area contributed by atoms with Gasteiger partial charge in [0.05, 0.1) is 17.3 Å². The Kier molecular flexibility index (Phi) is 3.49. The lowest BCUT2D eigenvalue weighted by Crippen LogP contribution is -1.92. The van der Waals surface area contributed by atoms with Gasteiger partial charge in [0.25, 0.3) is 0 Å². The highest BCUT2D eigenvalue weighted by molar-refractivity contribution is 14.1. The molecule has 2 N–H and O–H groups in total. The van der Waals surface area contributed by atoms with Crippen LogP contribution in [0.2, 0.25) is 0 Å². The first kappa shape index (κ1) is 11.7. The van der Waals surface area contributed by atoms with Gasteiger partial charge >= 0.3 is 0 Å². The molecule has 0 radical (unpaired) electrons. The summed E-state index contributed by atoms with van der Waals surface area (Å²) in [4.78, 5) is 0. The SMILES string of the molecule is N#Cc1ccc(Oc2ccc(I)cc2)c(N)c1. The van der Waals surface area contributed by atoms with Gasteiger partial charge in [0.2, 0.25) is 0 Å². The van der Waals surface area contributed by atoms with Gasteiger partial charge in [-0.15, -0.1) is 0 Å². The van der Waals surface area contributed by atoms with Crippen molar-refractivity contribution in [2.75, 3.05) is 5.73 Å². The van der Waals surface area contributed by atoms with Crippen molar-refractivity contribution in [2.24, 2.45) is 0 Å². The van der Waals surface area contributed by atoms with Crippen LogP contribution in [0.25, 0.3) is 0 Å². The van der Waals surface area contributed by atoms with Gasteiger partial charge in [-0.3, -0.25) is 0 Å². The Morgan fingerprint density at radius 3 is 2.41 bits per heavy atom. The molecule has 2 aromatic carbocycles. The van der Waals surface area contributed by atoms with Gasteiger partial charge in [0.1, 0.15) is 11.5 Å². The van der Waals surface area contributed by atoms with Gasteiger partial charge in [0, 0.05) is 3.57 Å². The molecule has 0 saturated carbocycles. The maximum Gasteiger partial charge on any atom is 0.150 e. The summed E-state index contributed by atoms with van der Waals surface area (Å²) in [6.07, 6.45) is 0. The van der Waals surface area contributed by atoms with E-state index < -0.39 is 0 Å². The van der Waals surface area contributed by atoms with E-state index in [4.69, 9.17) is 15.7 Å². The van der Waals surface area contributed by atoms with Crippen molar-refractivity contribution in [1.29, 1.82) is 5.26 Å². The molecule has 3 nitrogen and oxygen atoms in total. The van der Waals surface area contributed by atoms with Gasteiger partial charge in [-0.25, -0.2) is 0 Å². The molecule has 0 saturated heterocycles. The first-order valence-electron chi connectivity index (χ1n) is 4.92. The molecule has 0 aromatic heterocycles. The second-order valence-corrected chi connectivity index (χ2v) is 4.67. The fourth-order valence-corrected chi connectivity index (χ4v) is 1.70. The lowest BCUT2D eigenvalue weighted by atomic mass is 10.2. The monoisotopic (exact) mass is 336 g/mol. The summed E-state index contributed by atoms with van der Waals surface area (Å²) in [6.45, 7) is 0.